The Kier molecular flexibility index (Phi) is 6.32. The minimum absolute atomic E-state index is 0.413. The molecule has 4 N–H and O–H groups in total. The lowest BCUT2D eigenvalue weighted by atomic mass is 9.99. The molecule has 0 spiro atoms. The molecule has 0 bridgehead atoms. The Balaban J connectivity index is 2.42. The fraction of sp³-hybridized carbons (Fsp3) is 1.00. The van der Waals surface area contributed by atoms with Crippen LogP contribution < -0.4 is 0 Å². The minimum Gasteiger partial charge on any atom is -0.394 e. The molecule has 5 atom stereocenters. The van der Waals surface area contributed by atoms with Crippen molar-refractivity contribution in [3.8, 4) is 0 Å². The van der Waals surface area contributed by atoms with E-state index in [-0.39, 0.29) is 0 Å². The zero-order chi connectivity index (χ0) is 12.8. The highest BCUT2D eigenvalue weighted by molar-refractivity contribution is 4.88. The summed E-state index contributed by atoms with van der Waals surface area (Å²) in [5.74, 6) is 0. The van der Waals surface area contributed by atoms with E-state index in [9.17, 15) is 15.3 Å². The predicted octanol–water partition coefficient (Wildman–Crippen LogP) is -1.01. The lowest BCUT2D eigenvalue weighted by Gasteiger charge is -2.39. The van der Waals surface area contributed by atoms with Gasteiger partial charge >= 0.3 is 0 Å². The summed E-state index contributed by atoms with van der Waals surface area (Å²) in [7, 11) is 0. The first-order chi connectivity index (χ1) is 8.11. The molecule has 0 aromatic rings. The normalized spacial score (nSPS) is 38.3. The van der Waals surface area contributed by atoms with Gasteiger partial charge in [0.15, 0.2) is 6.29 Å². The third-order valence-corrected chi connectivity index (χ3v) is 2.88. The van der Waals surface area contributed by atoms with E-state index in [0.29, 0.717) is 6.61 Å². The lowest BCUT2D eigenvalue weighted by Crippen LogP contribution is -2.59. The van der Waals surface area contributed by atoms with Crippen LogP contribution in [-0.4, -0.2) is 64.3 Å². The molecule has 6 nitrogen and oxygen atoms in total. The number of rotatable bonds is 6. The highest BCUT2D eigenvalue weighted by Gasteiger charge is 2.43. The highest BCUT2D eigenvalue weighted by Crippen LogP contribution is 2.22. The number of aliphatic hydroxyl groups excluding tert-OH is 4. The van der Waals surface area contributed by atoms with Crippen molar-refractivity contribution in [3.63, 3.8) is 0 Å². The van der Waals surface area contributed by atoms with Gasteiger partial charge < -0.3 is 29.9 Å². The highest BCUT2D eigenvalue weighted by atomic mass is 16.7. The van der Waals surface area contributed by atoms with Gasteiger partial charge in [0.05, 0.1) is 6.61 Å². The summed E-state index contributed by atoms with van der Waals surface area (Å²) in [5.41, 5.74) is 0. The molecule has 0 aliphatic carbocycles. The van der Waals surface area contributed by atoms with Crippen LogP contribution in [0.15, 0.2) is 0 Å². The molecule has 0 radical (unpaired) electrons. The second-order valence-corrected chi connectivity index (χ2v) is 4.28. The maximum Gasteiger partial charge on any atom is 0.186 e. The molecule has 1 aliphatic rings. The molecule has 1 saturated heterocycles. The summed E-state index contributed by atoms with van der Waals surface area (Å²) in [6, 6.07) is 0. The van der Waals surface area contributed by atoms with Crippen molar-refractivity contribution in [1.82, 2.24) is 0 Å². The Hall–Kier alpha value is -0.240. The van der Waals surface area contributed by atoms with Crippen molar-refractivity contribution in [2.75, 3.05) is 13.2 Å². The summed E-state index contributed by atoms with van der Waals surface area (Å²) in [6.07, 6.45) is -2.98. The molecule has 0 saturated carbocycles. The molecule has 17 heavy (non-hydrogen) atoms. The van der Waals surface area contributed by atoms with E-state index in [4.69, 9.17) is 14.6 Å². The Labute approximate surface area is 101 Å². The number of hydrogen-bond donors (Lipinski definition) is 4. The van der Waals surface area contributed by atoms with E-state index >= 15 is 0 Å². The molecule has 102 valence electrons. The molecule has 0 aromatic carbocycles. The SMILES string of the molecule is CCCCCO[C@@H]1O[C@H](CO)[C@H](O)[C@@H](O)[C@@H]1O. The molecule has 6 heteroatoms. The summed E-state index contributed by atoms with van der Waals surface area (Å²) >= 11 is 0. The van der Waals surface area contributed by atoms with Crippen molar-refractivity contribution in [1.29, 1.82) is 0 Å². The Bertz CT molecular complexity index is 210. The van der Waals surface area contributed by atoms with Crippen LogP contribution in [0.2, 0.25) is 0 Å². The van der Waals surface area contributed by atoms with E-state index in [0.717, 1.165) is 19.3 Å². The fourth-order valence-electron chi connectivity index (χ4n) is 1.76. The Morgan fingerprint density at radius 1 is 1.06 bits per heavy atom. The van der Waals surface area contributed by atoms with Crippen LogP contribution in [-0.2, 0) is 9.47 Å². The van der Waals surface area contributed by atoms with E-state index in [1.165, 1.54) is 0 Å². The van der Waals surface area contributed by atoms with E-state index < -0.39 is 37.3 Å². The smallest absolute Gasteiger partial charge is 0.186 e. The van der Waals surface area contributed by atoms with Gasteiger partial charge in [0, 0.05) is 6.61 Å². The van der Waals surface area contributed by atoms with Crippen molar-refractivity contribution in [3.05, 3.63) is 0 Å². The summed E-state index contributed by atoms with van der Waals surface area (Å²) < 4.78 is 10.5. The molecule has 0 unspecified atom stereocenters. The van der Waals surface area contributed by atoms with E-state index in [2.05, 4.69) is 6.92 Å². The first kappa shape index (κ1) is 14.8. The number of unbranched alkanes of at least 4 members (excludes halogenated alkanes) is 2. The summed E-state index contributed by atoms with van der Waals surface area (Å²) in [4.78, 5) is 0. The molecule has 1 fully saturated rings. The number of hydrogen-bond acceptors (Lipinski definition) is 6. The van der Waals surface area contributed by atoms with Crippen LogP contribution >= 0.6 is 0 Å². The van der Waals surface area contributed by atoms with E-state index in [1.54, 1.807) is 0 Å². The van der Waals surface area contributed by atoms with Crippen LogP contribution in [0.1, 0.15) is 26.2 Å². The topological polar surface area (TPSA) is 99.4 Å². The fourth-order valence-corrected chi connectivity index (χ4v) is 1.76. The summed E-state index contributed by atoms with van der Waals surface area (Å²) in [6.45, 7) is 2.05. The van der Waals surface area contributed by atoms with Crippen LogP contribution in [0.4, 0.5) is 0 Å². The van der Waals surface area contributed by atoms with Gasteiger partial charge in [-0.05, 0) is 6.42 Å². The van der Waals surface area contributed by atoms with Gasteiger partial charge in [-0.25, -0.2) is 0 Å². The monoisotopic (exact) mass is 250 g/mol. The van der Waals surface area contributed by atoms with Gasteiger partial charge in [-0.1, -0.05) is 19.8 Å². The molecular formula is C11H22O6. The largest absolute Gasteiger partial charge is 0.394 e. The van der Waals surface area contributed by atoms with Gasteiger partial charge in [0.25, 0.3) is 0 Å². The maximum absolute atomic E-state index is 9.64. The van der Waals surface area contributed by atoms with Crippen LogP contribution in [0.5, 0.6) is 0 Å². The molecule has 0 aromatic heterocycles. The third kappa shape index (κ3) is 3.87. The second-order valence-electron chi connectivity index (χ2n) is 4.28. The lowest BCUT2D eigenvalue weighted by molar-refractivity contribution is -0.301. The number of ether oxygens (including phenoxy) is 2. The first-order valence-electron chi connectivity index (χ1n) is 6.04. The van der Waals surface area contributed by atoms with Gasteiger partial charge in [-0.3, -0.25) is 0 Å². The van der Waals surface area contributed by atoms with Crippen LogP contribution in [0.25, 0.3) is 0 Å². The molecule has 1 heterocycles. The predicted molar refractivity (Wildman–Crippen MR) is 59.2 cm³/mol. The average Bonchev–Trinajstić information content (AvgIpc) is 2.34. The van der Waals surface area contributed by atoms with Crippen molar-refractivity contribution >= 4 is 0 Å². The van der Waals surface area contributed by atoms with Gasteiger partial charge in [-0.15, -0.1) is 0 Å². The first-order valence-corrected chi connectivity index (χ1v) is 6.04. The van der Waals surface area contributed by atoms with Gasteiger partial charge in [-0.2, -0.15) is 0 Å². The quantitative estimate of drug-likeness (QED) is 0.451. The Morgan fingerprint density at radius 3 is 2.35 bits per heavy atom. The number of aliphatic hydroxyl groups is 4. The zero-order valence-corrected chi connectivity index (χ0v) is 10.0. The molecule has 0 amide bonds. The molecular weight excluding hydrogens is 228 g/mol. The maximum atomic E-state index is 9.64. The zero-order valence-electron chi connectivity index (χ0n) is 10.0. The Morgan fingerprint density at radius 2 is 1.76 bits per heavy atom. The van der Waals surface area contributed by atoms with Crippen LogP contribution in [0.3, 0.4) is 0 Å². The van der Waals surface area contributed by atoms with E-state index in [1.807, 2.05) is 0 Å². The van der Waals surface area contributed by atoms with Gasteiger partial charge in [0.1, 0.15) is 24.4 Å². The van der Waals surface area contributed by atoms with Crippen molar-refractivity contribution < 1.29 is 29.9 Å². The average molecular weight is 250 g/mol. The minimum atomic E-state index is -1.36. The second kappa shape index (κ2) is 7.25. The standard InChI is InChI=1S/C11H22O6/c1-2-3-4-5-16-11-10(15)9(14)8(13)7(6-12)17-11/h7-15H,2-6H2,1H3/t7-,8+,9-,10+,11-/m1/s1. The third-order valence-electron chi connectivity index (χ3n) is 2.88. The van der Waals surface area contributed by atoms with Gasteiger partial charge in [0.2, 0.25) is 0 Å². The van der Waals surface area contributed by atoms with Crippen LogP contribution in [0, 0.1) is 0 Å². The summed E-state index contributed by atoms with van der Waals surface area (Å²) in [5, 5.41) is 37.6. The van der Waals surface area contributed by atoms with Crippen molar-refractivity contribution in [2.45, 2.75) is 56.9 Å². The van der Waals surface area contributed by atoms with Crippen molar-refractivity contribution in [2.24, 2.45) is 0 Å². The molecule has 1 rings (SSSR count). The molecule has 1 aliphatic heterocycles.